The van der Waals surface area contributed by atoms with Crippen molar-refractivity contribution in [1.29, 1.82) is 0 Å². The van der Waals surface area contributed by atoms with Gasteiger partial charge in [-0.1, -0.05) is 13.8 Å². The summed E-state index contributed by atoms with van der Waals surface area (Å²) in [7, 11) is 6.64. The lowest BCUT2D eigenvalue weighted by molar-refractivity contribution is -0.736. The minimum atomic E-state index is -0.225. The maximum Gasteiger partial charge on any atom is 0.320 e. The van der Waals surface area contributed by atoms with Gasteiger partial charge in [-0.3, -0.25) is 15.1 Å². The number of carbonyl (C=O) groups excluding carboxylic acids is 1. The summed E-state index contributed by atoms with van der Waals surface area (Å²) in [5.41, 5.74) is 0.646. The molecule has 0 aliphatic heterocycles. The molecule has 0 heterocycles. The maximum absolute atomic E-state index is 12.5. The largest absolute Gasteiger partial charge is 0.496 e. The van der Waals surface area contributed by atoms with Gasteiger partial charge in [0.2, 0.25) is 0 Å². The fraction of sp³-hybridized carbons (Fsp3) is 0.636. The third kappa shape index (κ3) is 9.78. The number of rotatable bonds is 15. The Hall–Kier alpha value is -2.68. The molecule has 1 rings (SSSR count). The zero-order valence-electron chi connectivity index (χ0n) is 19.7. The Morgan fingerprint density at radius 1 is 1.26 bits per heavy atom. The van der Waals surface area contributed by atoms with Gasteiger partial charge >= 0.3 is 5.69 Å². The summed E-state index contributed by atoms with van der Waals surface area (Å²) in [6.07, 6.45) is 5.90. The number of hydrogen-bond acceptors (Lipinski definition) is 6. The van der Waals surface area contributed by atoms with Crippen LogP contribution >= 0.6 is 0 Å². The molecule has 2 atom stereocenters. The second kappa shape index (κ2) is 14.3. The van der Waals surface area contributed by atoms with Crippen LogP contribution in [0.15, 0.2) is 23.2 Å². The van der Waals surface area contributed by atoms with E-state index in [2.05, 4.69) is 34.3 Å². The van der Waals surface area contributed by atoms with Gasteiger partial charge in [0.15, 0.2) is 7.11 Å². The van der Waals surface area contributed by atoms with Crippen LogP contribution in [0.25, 0.3) is 0 Å². The molecule has 0 saturated heterocycles. The Morgan fingerprint density at radius 3 is 2.61 bits per heavy atom. The zero-order chi connectivity index (χ0) is 23.2. The van der Waals surface area contributed by atoms with Crippen LogP contribution in [0, 0.1) is 10.8 Å². The van der Waals surface area contributed by atoms with E-state index >= 15 is 0 Å². The second-order valence-corrected chi connectivity index (χ2v) is 7.78. The summed E-state index contributed by atoms with van der Waals surface area (Å²) in [6.45, 7) is 5.58. The highest BCUT2D eigenvalue weighted by Crippen LogP contribution is 2.25. The Bertz CT molecular complexity index is 724. The summed E-state index contributed by atoms with van der Waals surface area (Å²) >= 11 is 0. The molecule has 0 spiro atoms. The second-order valence-electron chi connectivity index (χ2n) is 7.78. The number of aliphatic imine (C=N–C) groups is 1. The molecule has 1 aromatic rings. The first-order valence-corrected chi connectivity index (χ1v) is 10.7. The first-order valence-electron chi connectivity index (χ1n) is 10.7. The van der Waals surface area contributed by atoms with Crippen molar-refractivity contribution in [2.75, 3.05) is 41.5 Å². The van der Waals surface area contributed by atoms with Crippen molar-refractivity contribution in [3.05, 3.63) is 28.7 Å². The standard InChI is InChI=1S/C22H37N5O4/c1-7-18(25-15-23-16-26(3)4)9-8-17(2)12-13-24-22(28)20-11-10-19(27(29)31-6)14-21(20)30-5/h10-11,14,16-18,25H,7-9,12-13,15H2,1-6H3/p+1/b23-16+. The molecular weight excluding hydrogens is 398 g/mol. The predicted octanol–water partition coefficient (Wildman–Crippen LogP) is 3.12. The van der Waals surface area contributed by atoms with Crippen LogP contribution in [-0.2, 0) is 4.84 Å². The van der Waals surface area contributed by atoms with E-state index in [1.54, 1.807) is 6.07 Å². The topological polar surface area (TPSA) is 95.3 Å². The van der Waals surface area contributed by atoms with Crippen LogP contribution in [0.2, 0.25) is 0 Å². The Labute approximate surface area is 185 Å². The van der Waals surface area contributed by atoms with E-state index in [4.69, 9.17) is 4.74 Å². The van der Waals surface area contributed by atoms with Gasteiger partial charge < -0.3 is 15.0 Å². The summed E-state index contributed by atoms with van der Waals surface area (Å²) in [4.78, 5) is 35.3. The highest BCUT2D eigenvalue weighted by molar-refractivity contribution is 5.97. The van der Waals surface area contributed by atoms with Crippen molar-refractivity contribution in [3.8, 4) is 5.75 Å². The number of amides is 1. The van der Waals surface area contributed by atoms with E-state index in [9.17, 15) is 9.70 Å². The van der Waals surface area contributed by atoms with Gasteiger partial charge in [-0.15, -0.1) is 0 Å². The van der Waals surface area contributed by atoms with Gasteiger partial charge in [-0.2, -0.15) is 0 Å². The van der Waals surface area contributed by atoms with Gasteiger partial charge in [0.25, 0.3) is 10.8 Å². The molecule has 31 heavy (non-hydrogen) atoms. The summed E-state index contributed by atoms with van der Waals surface area (Å²) in [5, 5.41) is 6.40. The van der Waals surface area contributed by atoms with Gasteiger partial charge in [-0.25, -0.2) is 4.84 Å². The number of benzene rings is 1. The van der Waals surface area contributed by atoms with E-state index in [1.165, 1.54) is 26.4 Å². The fourth-order valence-corrected chi connectivity index (χ4v) is 3.08. The van der Waals surface area contributed by atoms with Gasteiger partial charge in [0.05, 0.1) is 36.7 Å². The number of ether oxygens (including phenoxy) is 1. The van der Waals surface area contributed by atoms with Gasteiger partial charge in [-0.05, 0) is 37.7 Å². The average Bonchev–Trinajstić information content (AvgIpc) is 2.77. The molecule has 0 aromatic heterocycles. The van der Waals surface area contributed by atoms with Crippen molar-refractivity contribution in [2.45, 2.75) is 45.6 Å². The smallest absolute Gasteiger partial charge is 0.320 e. The lowest BCUT2D eigenvalue weighted by atomic mass is 9.97. The van der Waals surface area contributed by atoms with Crippen LogP contribution in [0.1, 0.15) is 49.9 Å². The van der Waals surface area contributed by atoms with E-state index in [0.29, 0.717) is 41.4 Å². The Balaban J connectivity index is 2.43. The van der Waals surface area contributed by atoms with E-state index in [0.717, 1.165) is 25.7 Å². The van der Waals surface area contributed by atoms with Crippen LogP contribution in [0.4, 0.5) is 5.69 Å². The molecule has 1 amide bonds. The van der Waals surface area contributed by atoms with Crippen LogP contribution < -0.4 is 15.4 Å². The molecule has 2 N–H and O–H groups in total. The molecule has 0 radical (unpaired) electrons. The van der Waals surface area contributed by atoms with Crippen LogP contribution in [-0.4, -0.2) is 69.6 Å². The molecule has 0 bridgehead atoms. The van der Waals surface area contributed by atoms with E-state index in [1.807, 2.05) is 25.3 Å². The zero-order valence-corrected chi connectivity index (χ0v) is 19.7. The third-order valence-electron chi connectivity index (χ3n) is 5.01. The SMILES string of the molecule is CCC(CCC(C)CCNC(=O)c1ccc([N+](=O)OC)cc1OC)NC/N=C/N(C)C. The highest BCUT2D eigenvalue weighted by atomic mass is 16.8. The van der Waals surface area contributed by atoms with E-state index < -0.39 is 0 Å². The number of methoxy groups -OCH3 is 1. The van der Waals surface area contributed by atoms with Crippen LogP contribution in [0.3, 0.4) is 0 Å². The molecule has 9 heteroatoms. The van der Waals surface area contributed by atoms with Gasteiger partial charge in [0.1, 0.15) is 5.75 Å². The summed E-state index contributed by atoms with van der Waals surface area (Å²) in [6, 6.07) is 5.01. The molecule has 2 unspecified atom stereocenters. The molecule has 1 aromatic carbocycles. The number of nitrogens with one attached hydrogen (secondary N) is 2. The lowest BCUT2D eigenvalue weighted by Gasteiger charge is -2.19. The monoisotopic (exact) mass is 436 g/mol. The normalized spacial score (nSPS) is 13.0. The molecule has 9 nitrogen and oxygen atoms in total. The number of carbonyl (C=O) groups is 1. The number of hydrogen-bond donors (Lipinski definition) is 2. The summed E-state index contributed by atoms with van der Waals surface area (Å²) < 4.78 is 5.26. The molecule has 0 fully saturated rings. The van der Waals surface area contributed by atoms with Crippen LogP contribution in [0.5, 0.6) is 5.75 Å². The Morgan fingerprint density at radius 2 is 2.00 bits per heavy atom. The predicted molar refractivity (Wildman–Crippen MR) is 123 cm³/mol. The van der Waals surface area contributed by atoms with Crippen molar-refractivity contribution < 1.29 is 19.3 Å². The van der Waals surface area contributed by atoms with Crippen molar-refractivity contribution in [2.24, 2.45) is 10.9 Å². The highest BCUT2D eigenvalue weighted by Gasteiger charge is 2.20. The van der Waals surface area contributed by atoms with Crippen molar-refractivity contribution in [1.82, 2.24) is 15.5 Å². The summed E-state index contributed by atoms with van der Waals surface area (Å²) in [5.74, 6) is 0.591. The van der Waals surface area contributed by atoms with Crippen molar-refractivity contribution >= 4 is 17.9 Å². The lowest BCUT2D eigenvalue weighted by Crippen LogP contribution is -2.30. The minimum absolute atomic E-state index is 0.225. The quantitative estimate of drug-likeness (QED) is 0.249. The molecule has 0 aliphatic rings. The first kappa shape index (κ1) is 26.4. The first-order chi connectivity index (χ1) is 14.8. The molecular formula is C22H38N5O4+. The molecule has 0 saturated carbocycles. The van der Waals surface area contributed by atoms with Crippen molar-refractivity contribution in [3.63, 3.8) is 0 Å². The fourth-order valence-electron chi connectivity index (χ4n) is 3.08. The third-order valence-corrected chi connectivity index (χ3v) is 5.01. The maximum atomic E-state index is 12.5. The number of nitrogens with zero attached hydrogens (tertiary/aromatic N) is 3. The van der Waals surface area contributed by atoms with E-state index in [-0.39, 0.29) is 11.6 Å². The molecule has 0 aliphatic carbocycles. The minimum Gasteiger partial charge on any atom is -0.496 e. The molecule has 174 valence electrons. The average molecular weight is 437 g/mol. The van der Waals surface area contributed by atoms with Gasteiger partial charge in [0, 0.05) is 32.7 Å². The Kier molecular flexibility index (Phi) is 12.2.